The van der Waals surface area contributed by atoms with Gasteiger partial charge in [-0.15, -0.1) is 0 Å². The second kappa shape index (κ2) is 6.19. The Hall–Kier alpha value is -2.10. The van der Waals surface area contributed by atoms with Crippen LogP contribution in [0.5, 0.6) is 0 Å². The van der Waals surface area contributed by atoms with Gasteiger partial charge in [0.05, 0.1) is 17.9 Å². The molecule has 0 aromatic heterocycles. The van der Waals surface area contributed by atoms with Crippen LogP contribution in [0.3, 0.4) is 0 Å². The minimum absolute atomic E-state index is 0.00685. The quantitative estimate of drug-likeness (QED) is 0.821. The van der Waals surface area contributed by atoms with Gasteiger partial charge in [-0.1, -0.05) is 43.3 Å². The van der Waals surface area contributed by atoms with Crippen molar-refractivity contribution in [2.45, 2.75) is 32.7 Å². The minimum atomic E-state index is -0.859. The van der Waals surface area contributed by atoms with E-state index in [4.69, 9.17) is 0 Å². The Morgan fingerprint density at radius 2 is 1.78 bits per heavy atom. The van der Waals surface area contributed by atoms with Gasteiger partial charge in [-0.3, -0.25) is 9.59 Å². The Kier molecular flexibility index (Phi) is 4.24. The number of rotatable bonds is 5. The summed E-state index contributed by atoms with van der Waals surface area (Å²) in [7, 11) is 0. The Morgan fingerprint density at radius 3 is 2.35 bits per heavy atom. The van der Waals surface area contributed by atoms with Crippen LogP contribution in [0.15, 0.2) is 36.4 Å². The van der Waals surface area contributed by atoms with Gasteiger partial charge in [-0.2, -0.15) is 0 Å². The second-order valence-corrected chi connectivity index (χ2v) is 6.66. The molecular weight excluding hydrogens is 290 g/mol. The molecule has 0 spiro atoms. The van der Waals surface area contributed by atoms with E-state index >= 15 is 0 Å². The maximum atomic E-state index is 12.6. The van der Waals surface area contributed by atoms with Gasteiger partial charge in [-0.05, 0) is 42.7 Å². The second-order valence-electron chi connectivity index (χ2n) is 6.66. The van der Waals surface area contributed by atoms with Crippen molar-refractivity contribution in [3.05, 3.63) is 47.5 Å². The number of aryl methyl sites for hydroxylation is 1. The third kappa shape index (κ3) is 2.90. The largest absolute Gasteiger partial charge is 0.481 e. The maximum absolute atomic E-state index is 12.6. The van der Waals surface area contributed by atoms with Crippen molar-refractivity contribution >= 4 is 11.9 Å². The predicted molar refractivity (Wildman–Crippen MR) is 87.7 cm³/mol. The maximum Gasteiger partial charge on any atom is 0.307 e. The van der Waals surface area contributed by atoms with Gasteiger partial charge < -0.3 is 10.4 Å². The van der Waals surface area contributed by atoms with Crippen LogP contribution in [0.2, 0.25) is 0 Å². The molecule has 5 unspecified atom stereocenters. The molecule has 5 atom stereocenters. The lowest BCUT2D eigenvalue weighted by Crippen LogP contribution is -2.41. The summed E-state index contributed by atoms with van der Waals surface area (Å²) in [6, 6.07) is 8.07. The van der Waals surface area contributed by atoms with E-state index in [0.29, 0.717) is 0 Å². The molecule has 2 aliphatic carbocycles. The molecule has 4 heteroatoms. The Labute approximate surface area is 136 Å². The summed E-state index contributed by atoms with van der Waals surface area (Å²) in [6.07, 6.45) is 5.74. The van der Waals surface area contributed by atoms with Crippen molar-refractivity contribution in [3.63, 3.8) is 0 Å². The van der Waals surface area contributed by atoms with Crippen molar-refractivity contribution in [3.8, 4) is 0 Å². The minimum Gasteiger partial charge on any atom is -0.481 e. The molecule has 122 valence electrons. The van der Waals surface area contributed by atoms with E-state index in [-0.39, 0.29) is 23.8 Å². The molecule has 4 nitrogen and oxygen atoms in total. The molecule has 0 radical (unpaired) electrons. The summed E-state index contributed by atoms with van der Waals surface area (Å²) in [6.45, 7) is 4.05. The van der Waals surface area contributed by atoms with Gasteiger partial charge in [0, 0.05) is 0 Å². The van der Waals surface area contributed by atoms with Crippen LogP contribution in [0.4, 0.5) is 0 Å². The van der Waals surface area contributed by atoms with Crippen molar-refractivity contribution in [1.82, 2.24) is 5.32 Å². The van der Waals surface area contributed by atoms with Gasteiger partial charge in [0.15, 0.2) is 0 Å². The molecule has 2 aliphatic rings. The number of carbonyl (C=O) groups is 2. The molecule has 1 aromatic carbocycles. The Morgan fingerprint density at radius 1 is 1.17 bits per heavy atom. The highest BCUT2D eigenvalue weighted by molar-refractivity contribution is 5.87. The van der Waals surface area contributed by atoms with E-state index < -0.39 is 17.8 Å². The Bertz CT molecular complexity index is 635. The summed E-state index contributed by atoms with van der Waals surface area (Å²) >= 11 is 0. The first-order chi connectivity index (χ1) is 11.0. The van der Waals surface area contributed by atoms with Gasteiger partial charge in [0.25, 0.3) is 0 Å². The summed E-state index contributed by atoms with van der Waals surface area (Å²) < 4.78 is 0. The lowest BCUT2D eigenvalue weighted by Gasteiger charge is -2.26. The Balaban J connectivity index is 1.70. The summed E-state index contributed by atoms with van der Waals surface area (Å²) in [5.41, 5.74) is 2.30. The topological polar surface area (TPSA) is 66.4 Å². The molecule has 2 N–H and O–H groups in total. The number of amides is 1. The molecule has 0 heterocycles. The molecule has 23 heavy (non-hydrogen) atoms. The van der Waals surface area contributed by atoms with Crippen LogP contribution < -0.4 is 5.32 Å². The van der Waals surface area contributed by atoms with Crippen molar-refractivity contribution in [1.29, 1.82) is 0 Å². The zero-order valence-electron chi connectivity index (χ0n) is 13.5. The number of allylic oxidation sites excluding steroid dienone is 2. The number of benzene rings is 1. The molecule has 2 bridgehead atoms. The molecule has 0 aliphatic heterocycles. The highest BCUT2D eigenvalue weighted by atomic mass is 16.4. The molecule has 1 saturated carbocycles. The third-order valence-corrected chi connectivity index (χ3v) is 5.29. The third-order valence-electron chi connectivity index (χ3n) is 5.29. The first kappa shape index (κ1) is 15.8. The molecule has 0 saturated heterocycles. The van der Waals surface area contributed by atoms with Crippen LogP contribution in [-0.4, -0.2) is 17.0 Å². The summed E-state index contributed by atoms with van der Waals surface area (Å²) in [4.78, 5) is 24.2. The summed E-state index contributed by atoms with van der Waals surface area (Å²) in [5, 5.41) is 12.5. The van der Waals surface area contributed by atoms with Gasteiger partial charge >= 0.3 is 5.97 Å². The number of carbonyl (C=O) groups excluding carboxylic acids is 1. The smallest absolute Gasteiger partial charge is 0.307 e. The first-order valence-corrected chi connectivity index (χ1v) is 8.31. The number of carboxylic acids is 1. The van der Waals surface area contributed by atoms with Crippen LogP contribution in [0.25, 0.3) is 0 Å². The van der Waals surface area contributed by atoms with Crippen LogP contribution in [0, 0.1) is 23.7 Å². The molecule has 1 aromatic rings. The number of fused-ring (bicyclic) bond motifs is 2. The number of hydrogen-bond donors (Lipinski definition) is 2. The van der Waals surface area contributed by atoms with Crippen molar-refractivity contribution in [2.75, 3.05) is 0 Å². The fraction of sp³-hybridized carbons (Fsp3) is 0.474. The lowest BCUT2D eigenvalue weighted by molar-refractivity contribution is -0.148. The average Bonchev–Trinajstić information content (AvgIpc) is 3.15. The molecule has 1 fully saturated rings. The van der Waals surface area contributed by atoms with E-state index in [1.54, 1.807) is 0 Å². The molecule has 3 rings (SSSR count). The highest BCUT2D eigenvalue weighted by Gasteiger charge is 2.51. The highest BCUT2D eigenvalue weighted by Crippen LogP contribution is 2.48. The van der Waals surface area contributed by atoms with Gasteiger partial charge in [0.1, 0.15) is 0 Å². The van der Waals surface area contributed by atoms with Crippen LogP contribution in [-0.2, 0) is 16.0 Å². The van der Waals surface area contributed by atoms with E-state index in [1.165, 1.54) is 5.56 Å². The van der Waals surface area contributed by atoms with Crippen LogP contribution >= 0.6 is 0 Å². The molecule has 1 amide bonds. The SMILES string of the molecule is CCc1ccc(C(C)NC(=O)C2C3C=CC(C3)C2C(=O)O)cc1. The first-order valence-electron chi connectivity index (χ1n) is 8.31. The van der Waals surface area contributed by atoms with Gasteiger partial charge in [-0.25, -0.2) is 0 Å². The normalized spacial score (nSPS) is 29.5. The van der Waals surface area contributed by atoms with Crippen LogP contribution in [0.1, 0.15) is 37.4 Å². The summed E-state index contributed by atoms with van der Waals surface area (Å²) in [5.74, 6) is -1.95. The van der Waals surface area contributed by atoms with E-state index in [1.807, 2.05) is 31.2 Å². The van der Waals surface area contributed by atoms with Gasteiger partial charge in [0.2, 0.25) is 5.91 Å². The fourth-order valence-corrected chi connectivity index (χ4v) is 3.95. The average molecular weight is 313 g/mol. The number of hydrogen-bond acceptors (Lipinski definition) is 2. The van der Waals surface area contributed by atoms with E-state index in [9.17, 15) is 14.7 Å². The number of nitrogens with one attached hydrogen (secondary N) is 1. The fourth-order valence-electron chi connectivity index (χ4n) is 3.95. The number of carboxylic acid groups (broad SMARTS) is 1. The monoisotopic (exact) mass is 313 g/mol. The standard InChI is InChI=1S/C19H23NO3/c1-3-12-4-6-13(7-5-12)11(2)20-18(21)16-14-8-9-15(10-14)17(16)19(22)23/h4-9,11,14-17H,3,10H2,1-2H3,(H,20,21)(H,22,23). The van der Waals surface area contributed by atoms with E-state index in [2.05, 4.69) is 24.4 Å². The van der Waals surface area contributed by atoms with Crippen molar-refractivity contribution < 1.29 is 14.7 Å². The van der Waals surface area contributed by atoms with Crippen molar-refractivity contribution in [2.24, 2.45) is 23.7 Å². The number of aliphatic carboxylic acids is 1. The molecular formula is C19H23NO3. The predicted octanol–water partition coefficient (Wildman–Crippen LogP) is 2.95. The zero-order valence-corrected chi connectivity index (χ0v) is 13.5. The zero-order chi connectivity index (χ0) is 16.6. The lowest BCUT2D eigenvalue weighted by atomic mass is 9.82. The van der Waals surface area contributed by atoms with E-state index in [0.717, 1.165) is 18.4 Å².